The van der Waals surface area contributed by atoms with Crippen LogP contribution in [-0.2, 0) is 4.79 Å². The Morgan fingerprint density at radius 1 is 0.793 bits per heavy atom. The maximum atomic E-state index is 12.5. The Hall–Kier alpha value is -3.05. The fourth-order valence-corrected chi connectivity index (χ4v) is 4.80. The number of nitrogens with zero attached hydrogens (tertiary/aromatic N) is 3. The smallest absolute Gasteiger partial charge is 0.286 e. The van der Waals surface area contributed by atoms with Gasteiger partial charge < -0.3 is 9.80 Å². The fourth-order valence-electron chi connectivity index (χ4n) is 3.85. The van der Waals surface area contributed by atoms with Crippen LogP contribution in [0, 0.1) is 0 Å². The van der Waals surface area contributed by atoms with Crippen molar-refractivity contribution in [1.29, 1.82) is 0 Å². The van der Waals surface area contributed by atoms with Crippen LogP contribution in [0.5, 0.6) is 0 Å². The van der Waals surface area contributed by atoms with Gasteiger partial charge in [0, 0.05) is 31.9 Å². The van der Waals surface area contributed by atoms with Crippen LogP contribution in [0.25, 0.3) is 16.8 Å². The summed E-state index contributed by atoms with van der Waals surface area (Å²) in [5.41, 5.74) is 2.31. The van der Waals surface area contributed by atoms with Gasteiger partial charge in [0.2, 0.25) is 0 Å². The average molecular weight is 400 g/mol. The topological polar surface area (TPSA) is 35.9 Å². The minimum absolute atomic E-state index is 0.136. The van der Waals surface area contributed by atoms with Crippen molar-refractivity contribution in [2.45, 2.75) is 0 Å². The van der Waals surface area contributed by atoms with Crippen molar-refractivity contribution in [3.63, 3.8) is 0 Å². The highest BCUT2D eigenvalue weighted by atomic mass is 32.2. The van der Waals surface area contributed by atoms with Gasteiger partial charge in [-0.3, -0.25) is 4.79 Å². The van der Waals surface area contributed by atoms with Gasteiger partial charge in [0.25, 0.3) is 5.91 Å². The number of rotatable bonds is 2. The number of fused-ring (bicyclic) bond motifs is 1. The largest absolute Gasteiger partial charge is 0.368 e. The molecule has 0 aliphatic carbocycles. The van der Waals surface area contributed by atoms with Gasteiger partial charge in [-0.25, -0.2) is 0 Å². The van der Waals surface area contributed by atoms with Gasteiger partial charge in [-0.2, -0.15) is 4.99 Å². The summed E-state index contributed by atoms with van der Waals surface area (Å²) in [5, 5.41) is 3.16. The lowest BCUT2D eigenvalue weighted by atomic mass is 10.0. The van der Waals surface area contributed by atoms with Crippen molar-refractivity contribution in [3.05, 3.63) is 83.3 Å². The number of carbonyl (C=O) groups is 1. The van der Waals surface area contributed by atoms with Crippen LogP contribution in [0.15, 0.2) is 82.7 Å². The van der Waals surface area contributed by atoms with Crippen LogP contribution in [0.2, 0.25) is 0 Å². The average Bonchev–Trinajstić information content (AvgIpc) is 3.15. The summed E-state index contributed by atoms with van der Waals surface area (Å²) in [4.78, 5) is 22.2. The number of carbonyl (C=O) groups excluding carboxylic acids is 1. The zero-order valence-corrected chi connectivity index (χ0v) is 16.8. The summed E-state index contributed by atoms with van der Waals surface area (Å²) in [6.07, 6.45) is 1.98. The maximum absolute atomic E-state index is 12.5. The number of piperazine rings is 1. The van der Waals surface area contributed by atoms with E-state index >= 15 is 0 Å². The molecule has 2 aliphatic heterocycles. The van der Waals surface area contributed by atoms with Crippen molar-refractivity contribution < 1.29 is 4.79 Å². The Morgan fingerprint density at radius 3 is 2.31 bits per heavy atom. The summed E-state index contributed by atoms with van der Waals surface area (Å²) in [6.45, 7) is 3.60. The van der Waals surface area contributed by atoms with Gasteiger partial charge in [-0.1, -0.05) is 60.7 Å². The van der Waals surface area contributed by atoms with Gasteiger partial charge in [-0.15, -0.1) is 0 Å². The van der Waals surface area contributed by atoms with Crippen molar-refractivity contribution in [3.8, 4) is 0 Å². The Balaban J connectivity index is 1.30. The first-order valence-corrected chi connectivity index (χ1v) is 10.6. The molecule has 0 atom stereocenters. The second-order valence-electron chi connectivity index (χ2n) is 7.19. The zero-order chi connectivity index (χ0) is 19.6. The minimum Gasteiger partial charge on any atom is -0.368 e. The third kappa shape index (κ3) is 3.66. The Kier molecular flexibility index (Phi) is 4.82. The third-order valence-corrected chi connectivity index (χ3v) is 6.44. The normalized spacial score (nSPS) is 18.6. The number of benzene rings is 3. The summed E-state index contributed by atoms with van der Waals surface area (Å²) < 4.78 is 0. The van der Waals surface area contributed by atoms with Gasteiger partial charge >= 0.3 is 0 Å². The van der Waals surface area contributed by atoms with Gasteiger partial charge in [0.15, 0.2) is 5.17 Å². The van der Waals surface area contributed by atoms with Crippen molar-refractivity contribution in [1.82, 2.24) is 4.90 Å². The van der Waals surface area contributed by atoms with Crippen molar-refractivity contribution >= 4 is 45.4 Å². The van der Waals surface area contributed by atoms with E-state index in [4.69, 9.17) is 0 Å². The van der Waals surface area contributed by atoms with E-state index in [9.17, 15) is 4.79 Å². The molecule has 4 nitrogen and oxygen atoms in total. The van der Waals surface area contributed by atoms with E-state index in [0.29, 0.717) is 4.91 Å². The highest BCUT2D eigenvalue weighted by Gasteiger charge is 2.28. The highest BCUT2D eigenvalue weighted by molar-refractivity contribution is 8.18. The van der Waals surface area contributed by atoms with Crippen molar-refractivity contribution in [2.24, 2.45) is 4.99 Å². The van der Waals surface area contributed by atoms with Crippen LogP contribution in [0.3, 0.4) is 0 Å². The quantitative estimate of drug-likeness (QED) is 0.589. The molecule has 1 fully saturated rings. The second kappa shape index (κ2) is 7.76. The summed E-state index contributed by atoms with van der Waals surface area (Å²) in [7, 11) is 0. The number of thioether (sulfide) groups is 1. The SMILES string of the molecule is O=C1N=C(N2CCN(c3ccccc3)CC2)S/C1=C/c1cccc2ccccc12. The van der Waals surface area contributed by atoms with Crippen LogP contribution in [0.4, 0.5) is 5.69 Å². The van der Waals surface area contributed by atoms with E-state index in [1.165, 1.54) is 22.8 Å². The number of amides is 1. The summed E-state index contributed by atoms with van der Waals surface area (Å²) in [6, 6.07) is 24.9. The lowest BCUT2D eigenvalue weighted by molar-refractivity contribution is -0.113. The lowest BCUT2D eigenvalue weighted by Crippen LogP contribution is -2.47. The molecule has 3 aromatic carbocycles. The molecule has 2 aliphatic rings. The number of para-hydroxylation sites is 1. The Morgan fingerprint density at radius 2 is 1.48 bits per heavy atom. The molecule has 1 amide bonds. The molecule has 5 heteroatoms. The molecule has 0 unspecified atom stereocenters. The number of amidine groups is 1. The van der Waals surface area contributed by atoms with Crippen LogP contribution >= 0.6 is 11.8 Å². The molecule has 5 rings (SSSR count). The van der Waals surface area contributed by atoms with Crippen LogP contribution < -0.4 is 4.90 Å². The maximum Gasteiger partial charge on any atom is 0.286 e. The Labute approximate surface area is 174 Å². The molecule has 1 saturated heterocycles. The molecular weight excluding hydrogens is 378 g/mol. The molecule has 0 saturated carbocycles. The molecule has 0 N–H and O–H groups in total. The van der Waals surface area contributed by atoms with Crippen LogP contribution in [-0.4, -0.2) is 42.2 Å². The molecular formula is C24H21N3OS. The van der Waals surface area contributed by atoms with Gasteiger partial charge in [-0.05, 0) is 46.3 Å². The Bertz CT molecular complexity index is 1110. The first-order valence-electron chi connectivity index (χ1n) is 9.83. The molecule has 0 bridgehead atoms. The lowest BCUT2D eigenvalue weighted by Gasteiger charge is -2.36. The van der Waals surface area contributed by atoms with Gasteiger partial charge in [0.05, 0.1) is 4.91 Å². The van der Waals surface area contributed by atoms with Crippen molar-refractivity contribution in [2.75, 3.05) is 31.1 Å². The highest BCUT2D eigenvalue weighted by Crippen LogP contribution is 2.32. The molecule has 144 valence electrons. The summed E-state index contributed by atoms with van der Waals surface area (Å²) in [5.74, 6) is -0.136. The number of hydrogen-bond acceptors (Lipinski definition) is 4. The molecule has 2 heterocycles. The van der Waals surface area contributed by atoms with E-state index in [2.05, 4.69) is 63.3 Å². The summed E-state index contributed by atoms with van der Waals surface area (Å²) >= 11 is 1.49. The van der Waals surface area contributed by atoms with E-state index < -0.39 is 0 Å². The molecule has 3 aromatic rings. The first-order chi connectivity index (χ1) is 14.3. The predicted molar refractivity (Wildman–Crippen MR) is 122 cm³/mol. The zero-order valence-electron chi connectivity index (χ0n) is 16.0. The molecule has 0 spiro atoms. The number of aliphatic imine (C=N–C) groups is 1. The second-order valence-corrected chi connectivity index (χ2v) is 8.20. The van der Waals surface area contributed by atoms with E-state index in [1.54, 1.807) is 0 Å². The third-order valence-electron chi connectivity index (χ3n) is 5.39. The van der Waals surface area contributed by atoms with Crippen LogP contribution in [0.1, 0.15) is 5.56 Å². The van der Waals surface area contributed by atoms with E-state index in [0.717, 1.165) is 42.3 Å². The van der Waals surface area contributed by atoms with E-state index in [1.807, 2.05) is 30.3 Å². The number of anilines is 1. The van der Waals surface area contributed by atoms with Gasteiger partial charge in [0.1, 0.15) is 0 Å². The first kappa shape index (κ1) is 18.0. The molecule has 0 radical (unpaired) electrons. The number of hydrogen-bond donors (Lipinski definition) is 0. The minimum atomic E-state index is -0.136. The predicted octanol–water partition coefficient (Wildman–Crippen LogP) is 4.63. The molecule has 29 heavy (non-hydrogen) atoms. The molecule has 0 aromatic heterocycles. The van der Waals surface area contributed by atoms with E-state index in [-0.39, 0.29) is 5.91 Å². The monoisotopic (exact) mass is 399 g/mol. The standard InChI is InChI=1S/C24H21N3OS/c28-23-22(17-19-9-6-8-18-7-4-5-12-21(18)19)29-24(25-23)27-15-13-26(14-16-27)20-10-2-1-3-11-20/h1-12,17H,13-16H2/b22-17+. The fraction of sp³-hybridized carbons (Fsp3) is 0.167.